The molecule has 0 spiro atoms. The molecule has 2 rings (SSSR count). The number of rotatable bonds is 1. The van der Waals surface area contributed by atoms with Crippen LogP contribution >= 0.6 is 22.6 Å². The first kappa shape index (κ1) is 10.7. The fraction of sp³-hybridized carbons (Fsp3) is 0.143. The number of aryl methyl sites for hydroxylation is 2. The van der Waals surface area contributed by atoms with Crippen LogP contribution in [-0.4, -0.2) is 0 Å². The van der Waals surface area contributed by atoms with Gasteiger partial charge in [0.05, 0.1) is 0 Å². The maximum Gasteiger partial charge on any atom is 0.0137 e. The van der Waals surface area contributed by atoms with Gasteiger partial charge in [-0.1, -0.05) is 36.9 Å². The summed E-state index contributed by atoms with van der Waals surface area (Å²) in [4.78, 5) is 0. The van der Waals surface area contributed by atoms with Gasteiger partial charge in [0.15, 0.2) is 0 Å². The van der Waals surface area contributed by atoms with Crippen molar-refractivity contribution in [2.75, 3.05) is 0 Å². The van der Waals surface area contributed by atoms with Crippen molar-refractivity contribution < 1.29 is 0 Å². The Hall–Kier alpha value is -0.830. The normalized spacial score (nSPS) is 10.6. The smallest absolute Gasteiger partial charge is 0.0137 e. The van der Waals surface area contributed by atoms with Crippen LogP contribution in [0.2, 0.25) is 0 Å². The number of hydrogen-bond donors (Lipinski definition) is 0. The molecule has 0 saturated carbocycles. The highest BCUT2D eigenvalue weighted by molar-refractivity contribution is 14.1. The first-order valence-corrected chi connectivity index (χ1v) is 6.03. The Bertz CT molecular complexity index is 530. The number of halogens is 1. The molecule has 0 bridgehead atoms. The molecule has 0 atom stereocenters. The summed E-state index contributed by atoms with van der Waals surface area (Å²) in [5.41, 5.74) is 3.92. The van der Waals surface area contributed by atoms with Crippen molar-refractivity contribution in [3.63, 3.8) is 0 Å². The second-order valence-electron chi connectivity index (χ2n) is 3.83. The molecule has 0 saturated heterocycles. The molecule has 0 aliphatic rings. The van der Waals surface area contributed by atoms with Crippen molar-refractivity contribution in [3.8, 4) is 0 Å². The van der Waals surface area contributed by atoms with Gasteiger partial charge in [-0.3, -0.25) is 0 Å². The molecular formula is C14H13I. The average molecular weight is 308 g/mol. The van der Waals surface area contributed by atoms with E-state index in [1.165, 1.54) is 27.5 Å². The van der Waals surface area contributed by atoms with Crippen LogP contribution in [-0.2, 0) is 0 Å². The molecule has 0 amide bonds. The molecule has 76 valence electrons. The van der Waals surface area contributed by atoms with E-state index in [0.29, 0.717) is 0 Å². The van der Waals surface area contributed by atoms with Gasteiger partial charge in [-0.05, 0) is 63.9 Å². The summed E-state index contributed by atoms with van der Waals surface area (Å²) in [5, 5.41) is 2.68. The zero-order valence-corrected chi connectivity index (χ0v) is 11.1. The summed E-state index contributed by atoms with van der Waals surface area (Å²) in [7, 11) is 0. The summed E-state index contributed by atoms with van der Waals surface area (Å²) < 4.78 is 1.10. The number of benzene rings is 2. The van der Waals surface area contributed by atoms with Crippen LogP contribution in [0, 0.1) is 13.8 Å². The topological polar surface area (TPSA) is 0 Å². The molecule has 0 heterocycles. The predicted molar refractivity (Wildman–Crippen MR) is 76.5 cm³/mol. The van der Waals surface area contributed by atoms with Gasteiger partial charge in [-0.15, -0.1) is 0 Å². The van der Waals surface area contributed by atoms with Crippen molar-refractivity contribution in [3.05, 3.63) is 53.6 Å². The highest BCUT2D eigenvalue weighted by Crippen LogP contribution is 2.31. The van der Waals surface area contributed by atoms with E-state index in [9.17, 15) is 0 Å². The van der Waals surface area contributed by atoms with Gasteiger partial charge in [0.2, 0.25) is 0 Å². The Balaban J connectivity index is 2.95. The van der Waals surface area contributed by atoms with Gasteiger partial charge >= 0.3 is 0 Å². The molecule has 2 aromatic rings. The first-order valence-electron chi connectivity index (χ1n) is 4.95. The third-order valence-electron chi connectivity index (χ3n) is 2.75. The van der Waals surface area contributed by atoms with Gasteiger partial charge in [0.1, 0.15) is 0 Å². The number of fused-ring (bicyclic) bond motifs is 1. The highest BCUT2D eigenvalue weighted by Gasteiger charge is 2.06. The lowest BCUT2D eigenvalue weighted by molar-refractivity contribution is 1.46. The Morgan fingerprint density at radius 2 is 1.73 bits per heavy atom. The van der Waals surface area contributed by atoms with Crippen LogP contribution in [0.4, 0.5) is 0 Å². The second-order valence-corrected chi connectivity index (χ2v) is 5.13. The second kappa shape index (κ2) is 3.97. The summed E-state index contributed by atoms with van der Waals surface area (Å²) in [6.45, 7) is 8.35. The molecule has 0 fully saturated rings. The fourth-order valence-corrected chi connectivity index (χ4v) is 2.50. The van der Waals surface area contributed by atoms with Crippen LogP contribution in [0.15, 0.2) is 36.9 Å². The molecule has 0 aliphatic carbocycles. The molecule has 1 heteroatoms. The van der Waals surface area contributed by atoms with E-state index in [-0.39, 0.29) is 0 Å². The molecule has 0 nitrogen and oxygen atoms in total. The Morgan fingerprint density at radius 3 is 2.40 bits per heavy atom. The van der Waals surface area contributed by atoms with Crippen molar-refractivity contribution in [1.82, 2.24) is 0 Å². The molecule has 0 N–H and O–H groups in total. The van der Waals surface area contributed by atoms with Gasteiger partial charge in [-0.2, -0.15) is 0 Å². The van der Waals surface area contributed by atoms with Crippen molar-refractivity contribution >= 4 is 36.9 Å². The third kappa shape index (κ3) is 1.81. The minimum absolute atomic E-state index is 1.10. The van der Waals surface area contributed by atoms with E-state index < -0.39 is 0 Å². The van der Waals surface area contributed by atoms with Crippen molar-refractivity contribution in [1.29, 1.82) is 0 Å². The maximum atomic E-state index is 4.02. The third-order valence-corrected chi connectivity index (χ3v) is 3.33. The van der Waals surface area contributed by atoms with E-state index in [1.54, 1.807) is 0 Å². The standard InChI is InChI=1S/C14H13I/c1-9-5-4-6-13-12(11(3)15)8-7-10(2)14(9)13/h4-8H,3H2,1-2H3. The summed E-state index contributed by atoms with van der Waals surface area (Å²) >= 11 is 2.29. The van der Waals surface area contributed by atoms with E-state index in [0.717, 1.165) is 3.58 Å². The van der Waals surface area contributed by atoms with Crippen LogP contribution < -0.4 is 0 Å². The molecule has 0 unspecified atom stereocenters. The summed E-state index contributed by atoms with van der Waals surface area (Å²) in [5.74, 6) is 0. The lowest BCUT2D eigenvalue weighted by Gasteiger charge is -2.10. The van der Waals surface area contributed by atoms with Gasteiger partial charge < -0.3 is 0 Å². The predicted octanol–water partition coefficient (Wildman–Crippen LogP) is 4.86. The number of hydrogen-bond acceptors (Lipinski definition) is 0. The monoisotopic (exact) mass is 308 g/mol. The van der Waals surface area contributed by atoms with Crippen LogP contribution in [0.1, 0.15) is 16.7 Å². The van der Waals surface area contributed by atoms with Gasteiger partial charge in [0, 0.05) is 3.58 Å². The minimum atomic E-state index is 1.10. The Morgan fingerprint density at radius 1 is 1.07 bits per heavy atom. The van der Waals surface area contributed by atoms with E-state index in [2.05, 4.69) is 73.3 Å². The van der Waals surface area contributed by atoms with Crippen molar-refractivity contribution in [2.24, 2.45) is 0 Å². The van der Waals surface area contributed by atoms with E-state index >= 15 is 0 Å². The van der Waals surface area contributed by atoms with Crippen LogP contribution in [0.5, 0.6) is 0 Å². The Kier molecular flexibility index (Phi) is 2.83. The molecule has 15 heavy (non-hydrogen) atoms. The zero-order chi connectivity index (χ0) is 11.0. The van der Waals surface area contributed by atoms with Crippen LogP contribution in [0.25, 0.3) is 14.4 Å². The molecule has 2 aromatic carbocycles. The quantitative estimate of drug-likeness (QED) is 0.660. The van der Waals surface area contributed by atoms with E-state index in [4.69, 9.17) is 0 Å². The van der Waals surface area contributed by atoms with E-state index in [1.807, 2.05) is 0 Å². The SMILES string of the molecule is C=C(I)c1ccc(C)c2c(C)cccc12. The fourth-order valence-electron chi connectivity index (χ4n) is 2.03. The molecule has 0 radical (unpaired) electrons. The molecular weight excluding hydrogens is 295 g/mol. The summed E-state index contributed by atoms with van der Waals surface area (Å²) in [6, 6.07) is 10.8. The zero-order valence-electron chi connectivity index (χ0n) is 8.97. The molecule has 0 aromatic heterocycles. The lowest BCUT2D eigenvalue weighted by atomic mass is 9.97. The van der Waals surface area contributed by atoms with Gasteiger partial charge in [0.25, 0.3) is 0 Å². The largest absolute Gasteiger partial charge is 0.0850 e. The lowest BCUT2D eigenvalue weighted by Crippen LogP contribution is -1.87. The first-order chi connectivity index (χ1) is 7.11. The maximum absolute atomic E-state index is 4.02. The molecule has 0 aliphatic heterocycles. The average Bonchev–Trinajstić information content (AvgIpc) is 2.17. The van der Waals surface area contributed by atoms with Crippen LogP contribution in [0.3, 0.4) is 0 Å². The van der Waals surface area contributed by atoms with Crippen molar-refractivity contribution in [2.45, 2.75) is 13.8 Å². The summed E-state index contributed by atoms with van der Waals surface area (Å²) in [6.07, 6.45) is 0. The minimum Gasteiger partial charge on any atom is -0.0850 e. The highest BCUT2D eigenvalue weighted by atomic mass is 127. The Labute approximate surface area is 104 Å². The van der Waals surface area contributed by atoms with Gasteiger partial charge in [-0.25, -0.2) is 0 Å².